The van der Waals surface area contributed by atoms with Gasteiger partial charge in [0.15, 0.2) is 0 Å². The van der Waals surface area contributed by atoms with Crippen LogP contribution in [-0.2, 0) is 11.2 Å². The van der Waals surface area contributed by atoms with Crippen molar-refractivity contribution in [2.75, 3.05) is 12.4 Å². The zero-order valence-corrected chi connectivity index (χ0v) is 15.2. The van der Waals surface area contributed by atoms with Gasteiger partial charge in [0.1, 0.15) is 11.4 Å². The van der Waals surface area contributed by atoms with Crippen molar-refractivity contribution in [1.82, 2.24) is 9.38 Å². The molecule has 1 aliphatic rings. The van der Waals surface area contributed by atoms with Gasteiger partial charge in [0.2, 0.25) is 5.91 Å². The lowest BCUT2D eigenvalue weighted by Gasteiger charge is -2.20. The summed E-state index contributed by atoms with van der Waals surface area (Å²) in [7, 11) is 1.62. The monoisotopic (exact) mass is 387 g/mol. The number of rotatable bonds is 2. The van der Waals surface area contributed by atoms with E-state index in [0.29, 0.717) is 12.2 Å². The van der Waals surface area contributed by atoms with Crippen LogP contribution in [-0.4, -0.2) is 22.4 Å². The van der Waals surface area contributed by atoms with Gasteiger partial charge in [-0.1, -0.05) is 6.07 Å². The van der Waals surface area contributed by atoms with Crippen LogP contribution in [0, 0.1) is 6.92 Å². The Morgan fingerprint density at radius 1 is 1.25 bits per heavy atom. The number of carbonyl (C=O) groups excluding carboxylic acids is 1. The maximum atomic E-state index is 11.6. The van der Waals surface area contributed by atoms with E-state index >= 15 is 0 Å². The van der Waals surface area contributed by atoms with E-state index < -0.39 is 0 Å². The number of pyridine rings is 1. The first kappa shape index (κ1) is 16.5. The van der Waals surface area contributed by atoms with Crippen molar-refractivity contribution in [3.8, 4) is 17.0 Å². The van der Waals surface area contributed by atoms with E-state index in [4.69, 9.17) is 9.72 Å². The minimum atomic E-state index is 0. The van der Waals surface area contributed by atoms with E-state index in [-0.39, 0.29) is 22.9 Å². The Morgan fingerprint density at radius 2 is 2.08 bits per heavy atom. The lowest BCUT2D eigenvalue weighted by molar-refractivity contribution is -0.116. The number of carbonyl (C=O) groups is 1. The van der Waals surface area contributed by atoms with Crippen LogP contribution in [0.15, 0.2) is 36.5 Å². The number of hydrogen-bond donors (Lipinski definition) is 1. The molecule has 0 radical (unpaired) electrons. The fourth-order valence-corrected chi connectivity index (χ4v) is 3.15. The molecule has 0 aliphatic carbocycles. The second kappa shape index (κ2) is 6.28. The first-order valence-electron chi connectivity index (χ1n) is 7.62. The summed E-state index contributed by atoms with van der Waals surface area (Å²) in [4.78, 5) is 16.4. The number of amides is 1. The van der Waals surface area contributed by atoms with Crippen molar-refractivity contribution < 1.29 is 9.53 Å². The predicted molar refractivity (Wildman–Crippen MR) is 99.2 cm³/mol. The second-order valence-electron chi connectivity index (χ2n) is 5.74. The van der Waals surface area contributed by atoms with E-state index in [1.165, 1.54) is 0 Å². The molecule has 0 unspecified atom stereocenters. The van der Waals surface area contributed by atoms with Gasteiger partial charge in [0, 0.05) is 23.9 Å². The zero-order valence-electron chi connectivity index (χ0n) is 13.5. The van der Waals surface area contributed by atoms with E-state index in [2.05, 4.69) is 22.7 Å². The van der Waals surface area contributed by atoms with Crippen LogP contribution < -0.4 is 10.1 Å². The molecule has 124 valence electrons. The fraction of sp³-hybridized carbons (Fsp3) is 0.222. The molecule has 0 fully saturated rings. The summed E-state index contributed by atoms with van der Waals surface area (Å²) < 4.78 is 7.56. The van der Waals surface area contributed by atoms with Gasteiger partial charge in [0.05, 0.1) is 18.5 Å². The molecule has 0 spiro atoms. The normalized spacial score (nSPS) is 13.2. The van der Waals surface area contributed by atoms with Crippen LogP contribution in [0.1, 0.15) is 17.7 Å². The molecule has 1 N–H and O–H groups in total. The topological polar surface area (TPSA) is 55.6 Å². The number of ether oxygens (including phenoxy) is 1. The van der Waals surface area contributed by atoms with Crippen molar-refractivity contribution in [3.05, 3.63) is 47.8 Å². The van der Waals surface area contributed by atoms with Gasteiger partial charge in [-0.2, -0.15) is 0 Å². The molecule has 0 saturated heterocycles. The number of aromatic nitrogens is 2. The number of anilines is 1. The first-order chi connectivity index (χ1) is 11.2. The van der Waals surface area contributed by atoms with E-state index in [1.807, 2.05) is 30.5 Å². The summed E-state index contributed by atoms with van der Waals surface area (Å²) in [5, 5.41) is 2.91. The van der Waals surface area contributed by atoms with E-state index in [9.17, 15) is 4.79 Å². The van der Waals surface area contributed by atoms with Crippen LogP contribution in [0.25, 0.3) is 16.9 Å². The van der Waals surface area contributed by atoms with Crippen LogP contribution in [0.4, 0.5) is 5.69 Å². The highest BCUT2D eigenvalue weighted by Gasteiger charge is 2.21. The highest BCUT2D eigenvalue weighted by Crippen LogP contribution is 2.37. The number of halogens is 1. The van der Waals surface area contributed by atoms with E-state index in [1.54, 1.807) is 7.11 Å². The molecule has 5 nitrogen and oxygen atoms in total. The molecule has 6 heteroatoms. The van der Waals surface area contributed by atoms with Gasteiger partial charge in [-0.15, -0.1) is 17.0 Å². The molecule has 0 atom stereocenters. The Hall–Kier alpha value is -2.34. The Labute approximate surface area is 150 Å². The van der Waals surface area contributed by atoms with Gasteiger partial charge in [-0.05, 0) is 43.2 Å². The number of fused-ring (bicyclic) bond motifs is 2. The Kier molecular flexibility index (Phi) is 4.32. The predicted octanol–water partition coefficient (Wildman–Crippen LogP) is 3.78. The van der Waals surface area contributed by atoms with Gasteiger partial charge in [-0.25, -0.2) is 4.98 Å². The molecule has 1 amide bonds. The Balaban J connectivity index is 0.00000169. The molecule has 1 aliphatic heterocycles. The third kappa shape index (κ3) is 2.57. The van der Waals surface area contributed by atoms with Crippen molar-refractivity contribution in [2.45, 2.75) is 19.8 Å². The number of nitrogens with one attached hydrogen (secondary N) is 1. The second-order valence-corrected chi connectivity index (χ2v) is 5.74. The minimum absolute atomic E-state index is 0. The third-order valence-corrected chi connectivity index (χ3v) is 4.33. The summed E-state index contributed by atoms with van der Waals surface area (Å²) in [6.07, 6.45) is 3.23. The van der Waals surface area contributed by atoms with Crippen LogP contribution in [0.3, 0.4) is 0 Å². The minimum Gasteiger partial charge on any atom is -0.495 e. The van der Waals surface area contributed by atoms with E-state index in [0.717, 1.165) is 40.3 Å². The summed E-state index contributed by atoms with van der Waals surface area (Å²) in [6.45, 7) is 2.06. The summed E-state index contributed by atoms with van der Waals surface area (Å²) in [5.41, 5.74) is 5.84. The fourth-order valence-electron chi connectivity index (χ4n) is 3.15. The van der Waals surface area contributed by atoms with Crippen molar-refractivity contribution in [1.29, 1.82) is 0 Å². The van der Waals surface area contributed by atoms with Crippen molar-refractivity contribution in [3.63, 3.8) is 0 Å². The number of imidazole rings is 1. The van der Waals surface area contributed by atoms with Crippen molar-refractivity contribution >= 4 is 34.2 Å². The molecular formula is C18H18BrN3O2. The number of nitrogens with zero attached hydrogens (tertiary/aromatic N) is 2. The molecule has 2 aromatic heterocycles. The highest BCUT2D eigenvalue weighted by molar-refractivity contribution is 8.93. The molecule has 4 rings (SSSR count). The first-order valence-corrected chi connectivity index (χ1v) is 7.62. The van der Waals surface area contributed by atoms with Gasteiger partial charge >= 0.3 is 0 Å². The number of hydrogen-bond acceptors (Lipinski definition) is 3. The van der Waals surface area contributed by atoms with Gasteiger partial charge < -0.3 is 14.5 Å². The Morgan fingerprint density at radius 3 is 2.83 bits per heavy atom. The average molecular weight is 388 g/mol. The number of methoxy groups -OCH3 is 1. The summed E-state index contributed by atoms with van der Waals surface area (Å²) in [6, 6.07) is 10.0. The maximum absolute atomic E-state index is 11.6. The molecule has 3 aromatic rings. The lowest BCUT2D eigenvalue weighted by atomic mass is 9.98. The number of benzene rings is 1. The van der Waals surface area contributed by atoms with Crippen LogP contribution in [0.2, 0.25) is 0 Å². The largest absolute Gasteiger partial charge is 0.495 e. The van der Waals surface area contributed by atoms with Crippen LogP contribution >= 0.6 is 17.0 Å². The van der Waals surface area contributed by atoms with Crippen molar-refractivity contribution in [2.24, 2.45) is 0 Å². The zero-order chi connectivity index (χ0) is 16.0. The Bertz CT molecular complexity index is 916. The van der Waals surface area contributed by atoms with Gasteiger partial charge in [-0.3, -0.25) is 4.79 Å². The standard InChI is InChI=1S/C18H17N3O2.BrH/c1-11-17(19-15-5-3-4-8-21(11)15)13-9-12-6-7-16(22)20-18(12)14(10-13)23-2;/h3-5,8-10H,6-7H2,1-2H3,(H,20,22);1H. The smallest absolute Gasteiger partial charge is 0.224 e. The quantitative estimate of drug-likeness (QED) is 0.727. The molecule has 0 bridgehead atoms. The number of aryl methyl sites for hydroxylation is 2. The van der Waals surface area contributed by atoms with Crippen LogP contribution in [0.5, 0.6) is 5.75 Å². The molecule has 1 aromatic carbocycles. The summed E-state index contributed by atoms with van der Waals surface area (Å²) >= 11 is 0. The third-order valence-electron chi connectivity index (χ3n) is 4.33. The molecule has 0 saturated carbocycles. The highest BCUT2D eigenvalue weighted by atomic mass is 79.9. The maximum Gasteiger partial charge on any atom is 0.224 e. The SMILES string of the molecule is Br.COc1cc(-c2nc3ccccn3c2C)cc2c1NC(=O)CC2. The molecular weight excluding hydrogens is 370 g/mol. The summed E-state index contributed by atoms with van der Waals surface area (Å²) in [5.74, 6) is 0.717. The lowest BCUT2D eigenvalue weighted by Crippen LogP contribution is -2.19. The van der Waals surface area contributed by atoms with Gasteiger partial charge in [0.25, 0.3) is 0 Å². The molecule has 24 heavy (non-hydrogen) atoms. The average Bonchev–Trinajstić information content (AvgIpc) is 2.91. The molecule has 3 heterocycles.